The number of carbonyl (C=O) groups excluding carboxylic acids is 4. The number of carbonyl (C=O) groups is 4. The van der Waals surface area contributed by atoms with Gasteiger partial charge in [0.15, 0.2) is 0 Å². The number of amides is 2. The maximum atomic E-state index is 12.5. The van der Waals surface area contributed by atoms with E-state index in [-0.39, 0.29) is 29.9 Å². The van der Waals surface area contributed by atoms with Crippen LogP contribution in [-0.2, 0) is 30.3 Å². The van der Waals surface area contributed by atoms with Crippen molar-refractivity contribution in [1.29, 1.82) is 0 Å². The molecular weight excluding hydrogens is 452 g/mol. The predicted octanol–water partition coefficient (Wildman–Crippen LogP) is 2.55. The lowest BCUT2D eigenvalue weighted by atomic mass is 10.0. The highest BCUT2D eigenvalue weighted by atomic mass is 79.9. The van der Waals surface area contributed by atoms with Crippen LogP contribution in [0.4, 0.5) is 0 Å². The molecule has 2 amide bonds. The minimum Gasteiger partial charge on any atom is -0.458 e. The summed E-state index contributed by atoms with van der Waals surface area (Å²) in [5.41, 5.74) is 0.363. The van der Waals surface area contributed by atoms with Gasteiger partial charge in [-0.25, -0.2) is 4.79 Å². The first-order valence-electron chi connectivity index (χ1n) is 9.93. The fourth-order valence-corrected chi connectivity index (χ4v) is 2.83. The fraction of sp³-hybridized carbons (Fsp3) is 0.545. The highest BCUT2D eigenvalue weighted by molar-refractivity contribution is 9.09. The van der Waals surface area contributed by atoms with E-state index in [4.69, 9.17) is 4.74 Å². The van der Waals surface area contributed by atoms with Crippen LogP contribution in [0.2, 0.25) is 0 Å². The zero-order chi connectivity index (χ0) is 22.7. The lowest BCUT2D eigenvalue weighted by molar-refractivity contribution is -0.159. The molecule has 8 heteroatoms. The van der Waals surface area contributed by atoms with Crippen molar-refractivity contribution >= 4 is 39.5 Å². The summed E-state index contributed by atoms with van der Waals surface area (Å²) < 4.78 is 5.30. The van der Waals surface area contributed by atoms with Crippen LogP contribution in [0.5, 0.6) is 0 Å². The number of hydrogen-bond acceptors (Lipinski definition) is 5. The normalized spacial score (nSPS) is 13.1. The number of halogens is 1. The molecule has 0 radical (unpaired) electrons. The topological polar surface area (TPSA) is 102 Å². The molecule has 0 saturated carbocycles. The van der Waals surface area contributed by atoms with E-state index < -0.39 is 29.4 Å². The molecule has 166 valence electrons. The summed E-state index contributed by atoms with van der Waals surface area (Å²) in [5, 5.41) is 5.42. The van der Waals surface area contributed by atoms with Crippen molar-refractivity contribution in [2.75, 3.05) is 11.9 Å². The van der Waals surface area contributed by atoms with E-state index in [1.807, 2.05) is 30.3 Å². The second-order valence-electron chi connectivity index (χ2n) is 8.16. The summed E-state index contributed by atoms with van der Waals surface area (Å²) in [5.74, 6) is -2.31. The standard InChI is InChI=1S/C22H31BrN2O5/c1-15(12-19(27)24-11-10-16-8-6-5-7-9-16)20(28)25-18(13-17(26)14-23)21(29)30-22(2,3)4/h5-9,15,18H,10-14H2,1-4H3,(H,24,27)(H,25,28). The Morgan fingerprint density at radius 1 is 1.07 bits per heavy atom. The van der Waals surface area contributed by atoms with Gasteiger partial charge >= 0.3 is 5.97 Å². The zero-order valence-corrected chi connectivity index (χ0v) is 19.6. The molecule has 0 aromatic heterocycles. The van der Waals surface area contributed by atoms with E-state index in [1.54, 1.807) is 27.7 Å². The molecule has 30 heavy (non-hydrogen) atoms. The van der Waals surface area contributed by atoms with Crippen molar-refractivity contribution < 1.29 is 23.9 Å². The Labute approximate surface area is 186 Å². The third kappa shape index (κ3) is 10.5. The Morgan fingerprint density at radius 3 is 2.27 bits per heavy atom. The van der Waals surface area contributed by atoms with Crippen LogP contribution in [0, 0.1) is 5.92 Å². The second kappa shape index (κ2) is 12.5. The molecule has 0 bridgehead atoms. The van der Waals surface area contributed by atoms with Crippen molar-refractivity contribution in [2.24, 2.45) is 5.92 Å². The smallest absolute Gasteiger partial charge is 0.329 e. The summed E-state index contributed by atoms with van der Waals surface area (Å²) in [7, 11) is 0. The molecule has 1 rings (SSSR count). The minimum atomic E-state index is -1.09. The van der Waals surface area contributed by atoms with Gasteiger partial charge in [0.25, 0.3) is 0 Å². The average Bonchev–Trinajstić information content (AvgIpc) is 2.66. The van der Waals surface area contributed by atoms with Crippen molar-refractivity contribution in [3.63, 3.8) is 0 Å². The largest absolute Gasteiger partial charge is 0.458 e. The molecule has 7 nitrogen and oxygen atoms in total. The van der Waals surface area contributed by atoms with Crippen LogP contribution < -0.4 is 10.6 Å². The molecule has 2 atom stereocenters. The number of benzene rings is 1. The second-order valence-corrected chi connectivity index (χ2v) is 8.72. The lowest BCUT2D eigenvalue weighted by Crippen LogP contribution is -2.47. The monoisotopic (exact) mass is 482 g/mol. The van der Waals surface area contributed by atoms with E-state index in [0.29, 0.717) is 13.0 Å². The molecular formula is C22H31BrN2O5. The number of Topliss-reactive ketones (excluding diaryl/α,β-unsaturated/α-hetero) is 1. The molecule has 0 fully saturated rings. The van der Waals surface area contributed by atoms with Gasteiger partial charge < -0.3 is 15.4 Å². The van der Waals surface area contributed by atoms with Crippen LogP contribution in [-0.4, -0.2) is 47.1 Å². The van der Waals surface area contributed by atoms with Gasteiger partial charge in [0.2, 0.25) is 11.8 Å². The summed E-state index contributed by atoms with van der Waals surface area (Å²) >= 11 is 3.06. The SMILES string of the molecule is CC(CC(=O)NCCc1ccccc1)C(=O)NC(CC(=O)CBr)C(=O)OC(C)(C)C. The van der Waals surface area contributed by atoms with Crippen LogP contribution in [0.15, 0.2) is 30.3 Å². The third-order valence-electron chi connectivity index (χ3n) is 4.11. The summed E-state index contributed by atoms with van der Waals surface area (Å²) in [6.45, 7) is 7.19. The van der Waals surface area contributed by atoms with Crippen LogP contribution in [0.3, 0.4) is 0 Å². The van der Waals surface area contributed by atoms with Crippen LogP contribution in [0.25, 0.3) is 0 Å². The van der Waals surface area contributed by atoms with Crippen LogP contribution in [0.1, 0.15) is 46.1 Å². The number of hydrogen-bond donors (Lipinski definition) is 2. The zero-order valence-electron chi connectivity index (χ0n) is 18.0. The first kappa shape index (κ1) is 25.8. The van der Waals surface area contributed by atoms with Crippen molar-refractivity contribution in [2.45, 2.75) is 58.6 Å². The summed E-state index contributed by atoms with van der Waals surface area (Å²) in [6, 6.07) is 8.67. The average molecular weight is 483 g/mol. The number of ether oxygens (including phenoxy) is 1. The molecule has 0 aliphatic heterocycles. The number of alkyl halides is 1. The predicted molar refractivity (Wildman–Crippen MR) is 118 cm³/mol. The molecule has 1 aromatic rings. The minimum absolute atomic E-state index is 0.0198. The molecule has 0 aliphatic carbocycles. The van der Waals surface area contributed by atoms with E-state index in [1.165, 1.54) is 0 Å². The Bertz CT molecular complexity index is 731. The molecule has 0 saturated heterocycles. The lowest BCUT2D eigenvalue weighted by Gasteiger charge is -2.25. The summed E-state index contributed by atoms with van der Waals surface area (Å²) in [4.78, 5) is 48.8. The molecule has 2 unspecified atom stereocenters. The van der Waals surface area contributed by atoms with E-state index in [2.05, 4.69) is 26.6 Å². The highest BCUT2D eigenvalue weighted by Gasteiger charge is 2.30. The maximum absolute atomic E-state index is 12.5. The first-order chi connectivity index (χ1) is 14.0. The van der Waals surface area contributed by atoms with Gasteiger partial charge in [-0.05, 0) is 32.8 Å². The van der Waals surface area contributed by atoms with Gasteiger partial charge in [0, 0.05) is 25.3 Å². The highest BCUT2D eigenvalue weighted by Crippen LogP contribution is 2.12. The van der Waals surface area contributed by atoms with Gasteiger partial charge in [-0.2, -0.15) is 0 Å². The molecule has 0 heterocycles. The fourth-order valence-electron chi connectivity index (χ4n) is 2.60. The molecule has 2 N–H and O–H groups in total. The van der Waals surface area contributed by atoms with E-state index in [9.17, 15) is 19.2 Å². The van der Waals surface area contributed by atoms with Gasteiger partial charge in [-0.1, -0.05) is 53.2 Å². The van der Waals surface area contributed by atoms with Crippen LogP contribution >= 0.6 is 15.9 Å². The first-order valence-corrected chi connectivity index (χ1v) is 11.1. The third-order valence-corrected chi connectivity index (χ3v) is 4.73. The number of rotatable bonds is 11. The van der Waals surface area contributed by atoms with Crippen molar-refractivity contribution in [3.05, 3.63) is 35.9 Å². The Morgan fingerprint density at radius 2 is 1.70 bits per heavy atom. The quantitative estimate of drug-likeness (QED) is 0.372. The maximum Gasteiger partial charge on any atom is 0.329 e. The molecule has 1 aromatic carbocycles. The van der Waals surface area contributed by atoms with Gasteiger partial charge in [0.1, 0.15) is 17.4 Å². The Kier molecular flexibility index (Phi) is 10.7. The van der Waals surface area contributed by atoms with Gasteiger partial charge in [0.05, 0.1) is 5.33 Å². The number of ketones is 1. The Balaban J connectivity index is 2.56. The number of esters is 1. The van der Waals surface area contributed by atoms with E-state index in [0.717, 1.165) is 5.56 Å². The van der Waals surface area contributed by atoms with Gasteiger partial charge in [-0.3, -0.25) is 14.4 Å². The Hall–Kier alpha value is -2.22. The van der Waals surface area contributed by atoms with Gasteiger partial charge in [-0.15, -0.1) is 0 Å². The van der Waals surface area contributed by atoms with Crippen molar-refractivity contribution in [3.8, 4) is 0 Å². The molecule has 0 spiro atoms. The van der Waals surface area contributed by atoms with E-state index >= 15 is 0 Å². The molecule has 0 aliphatic rings. The van der Waals surface area contributed by atoms with Crippen molar-refractivity contribution in [1.82, 2.24) is 10.6 Å². The summed E-state index contributed by atoms with van der Waals surface area (Å²) in [6.07, 6.45) is 0.498. The number of nitrogens with one attached hydrogen (secondary N) is 2.